The van der Waals surface area contributed by atoms with Gasteiger partial charge in [0.05, 0.1) is 0 Å². The molecule has 0 heterocycles. The summed E-state index contributed by atoms with van der Waals surface area (Å²) < 4.78 is -8.86. The van der Waals surface area contributed by atoms with Crippen LogP contribution in [-0.2, 0) is 4.33 Å². The first kappa shape index (κ1) is 20.6. The molecule has 0 nitrogen and oxygen atoms in total. The molecule has 0 aliphatic carbocycles. The average molecular weight is 493 g/mol. The van der Waals surface area contributed by atoms with Crippen molar-refractivity contribution in [2.24, 2.45) is 0 Å². The lowest BCUT2D eigenvalue weighted by atomic mass is 9.98. The highest BCUT2D eigenvalue weighted by molar-refractivity contribution is 6.80. The number of halogens is 9. The fraction of sp³-hybridized carbons (Fsp3) is 0.286. The second-order valence-electron chi connectivity index (χ2n) is 4.66. The highest BCUT2D eigenvalue weighted by Crippen LogP contribution is 2.65. The Morgan fingerprint density at radius 3 is 1.83 bits per heavy atom. The van der Waals surface area contributed by atoms with Crippen LogP contribution in [0.1, 0.15) is 5.56 Å². The number of benzene rings is 2. The molecule has 125 valence electrons. The number of rotatable bonds is 3. The van der Waals surface area contributed by atoms with Gasteiger partial charge in [0.15, 0.2) is 8.67 Å². The van der Waals surface area contributed by atoms with Gasteiger partial charge in [-0.25, -0.2) is 0 Å². The van der Waals surface area contributed by atoms with E-state index in [0.29, 0.717) is 10.9 Å². The zero-order chi connectivity index (χ0) is 17.7. The van der Waals surface area contributed by atoms with Crippen molar-refractivity contribution in [3.8, 4) is 0 Å². The Labute approximate surface area is 178 Å². The maximum absolute atomic E-state index is 6.47. The van der Waals surface area contributed by atoms with Crippen LogP contribution in [0.15, 0.2) is 36.4 Å². The van der Waals surface area contributed by atoms with E-state index in [1.807, 2.05) is 12.1 Å². The summed E-state index contributed by atoms with van der Waals surface area (Å²) in [5.41, 5.74) is 0.347. The quantitative estimate of drug-likeness (QED) is 0.381. The van der Waals surface area contributed by atoms with Gasteiger partial charge in [0.2, 0.25) is 8.13 Å². The minimum Gasteiger partial charge on any atom is -0.0943 e. The van der Waals surface area contributed by atoms with Crippen LogP contribution in [0.25, 0.3) is 10.8 Å². The molecular formula is C14H6Cl9. The normalized spacial score (nSPS) is 14.3. The van der Waals surface area contributed by atoms with Gasteiger partial charge in [0.1, 0.15) is 0 Å². The maximum Gasteiger partial charge on any atom is 0.226 e. The third-order valence-electron chi connectivity index (χ3n) is 3.19. The Hall–Kier alpha value is 1.31. The summed E-state index contributed by atoms with van der Waals surface area (Å²) in [6.07, 6.45) is 0. The van der Waals surface area contributed by atoms with Gasteiger partial charge >= 0.3 is 0 Å². The van der Waals surface area contributed by atoms with E-state index in [-0.39, 0.29) is 0 Å². The Kier molecular flexibility index (Phi) is 6.10. The molecule has 0 saturated carbocycles. The first-order valence-electron chi connectivity index (χ1n) is 5.94. The lowest BCUT2D eigenvalue weighted by Gasteiger charge is -2.44. The van der Waals surface area contributed by atoms with Crippen LogP contribution in [0.2, 0.25) is 0 Å². The molecule has 2 rings (SSSR count). The maximum atomic E-state index is 6.47. The summed E-state index contributed by atoms with van der Waals surface area (Å²) in [6.45, 7) is 0. The van der Waals surface area contributed by atoms with Crippen molar-refractivity contribution >= 4 is 115 Å². The van der Waals surface area contributed by atoms with E-state index < -0.39 is 16.8 Å². The first-order chi connectivity index (χ1) is 10.3. The molecule has 0 aromatic heterocycles. The highest BCUT2D eigenvalue weighted by atomic mass is 35.6. The van der Waals surface area contributed by atoms with Crippen molar-refractivity contribution in [3.05, 3.63) is 48.0 Å². The van der Waals surface area contributed by atoms with E-state index in [4.69, 9.17) is 104 Å². The van der Waals surface area contributed by atoms with E-state index in [0.717, 1.165) is 5.39 Å². The minimum absolute atomic E-state index is 0.347. The van der Waals surface area contributed by atoms with E-state index in [9.17, 15) is 0 Å². The summed E-state index contributed by atoms with van der Waals surface area (Å²) in [6, 6.07) is 13.4. The van der Waals surface area contributed by atoms with Gasteiger partial charge in [0.25, 0.3) is 0 Å². The van der Waals surface area contributed by atoms with Crippen LogP contribution in [0.4, 0.5) is 0 Å². The van der Waals surface area contributed by atoms with Crippen molar-refractivity contribution < 1.29 is 0 Å². The molecule has 2 aromatic carbocycles. The van der Waals surface area contributed by atoms with Crippen LogP contribution in [-0.4, -0.2) is 12.5 Å². The Bertz CT molecular complexity index is 710. The van der Waals surface area contributed by atoms with E-state index in [1.54, 1.807) is 24.3 Å². The summed E-state index contributed by atoms with van der Waals surface area (Å²) in [5, 5.41) is 1.39. The van der Waals surface area contributed by atoms with Crippen LogP contribution < -0.4 is 0 Å². The Balaban J connectivity index is 2.69. The molecule has 0 saturated heterocycles. The van der Waals surface area contributed by atoms with Crippen LogP contribution >= 0.6 is 104 Å². The zero-order valence-electron chi connectivity index (χ0n) is 10.9. The summed E-state index contributed by atoms with van der Waals surface area (Å²) in [7, 11) is 0. The predicted octanol–water partition coefficient (Wildman–Crippen LogP) is 7.99. The molecule has 0 N–H and O–H groups in total. The molecule has 23 heavy (non-hydrogen) atoms. The Morgan fingerprint density at radius 2 is 1.26 bits per heavy atom. The van der Waals surface area contributed by atoms with E-state index in [1.165, 1.54) is 0 Å². The van der Waals surface area contributed by atoms with Crippen molar-refractivity contribution in [2.45, 2.75) is 16.8 Å². The van der Waals surface area contributed by atoms with Gasteiger partial charge in [-0.15, -0.1) is 0 Å². The van der Waals surface area contributed by atoms with Gasteiger partial charge in [-0.05, 0) is 22.4 Å². The number of hydrogen-bond donors (Lipinski definition) is 0. The largest absolute Gasteiger partial charge is 0.226 e. The van der Waals surface area contributed by atoms with Crippen LogP contribution in [0.5, 0.6) is 0 Å². The molecule has 9 heteroatoms. The Morgan fingerprint density at radius 1 is 0.696 bits per heavy atom. The molecule has 0 amide bonds. The monoisotopic (exact) mass is 489 g/mol. The molecule has 0 spiro atoms. The molecule has 0 bridgehead atoms. The second-order valence-corrected chi connectivity index (χ2v) is 10.9. The molecular weight excluding hydrogens is 487 g/mol. The predicted molar refractivity (Wildman–Crippen MR) is 105 cm³/mol. The summed E-state index contributed by atoms with van der Waals surface area (Å²) in [5.74, 6) is 0. The molecule has 0 unspecified atom stereocenters. The first-order valence-corrected chi connectivity index (χ1v) is 9.34. The van der Waals surface area contributed by atoms with Gasteiger partial charge < -0.3 is 0 Å². The molecule has 0 aliphatic rings. The summed E-state index contributed by atoms with van der Waals surface area (Å²) in [4.78, 5) is 0. The van der Waals surface area contributed by atoms with Crippen LogP contribution in [0, 0.1) is 6.07 Å². The van der Waals surface area contributed by atoms with Crippen molar-refractivity contribution in [2.75, 3.05) is 0 Å². The van der Waals surface area contributed by atoms with Crippen LogP contribution in [0.3, 0.4) is 0 Å². The topological polar surface area (TPSA) is 0 Å². The molecule has 1 radical (unpaired) electrons. The van der Waals surface area contributed by atoms with Crippen molar-refractivity contribution in [3.63, 3.8) is 0 Å². The molecule has 0 atom stereocenters. The number of fused-ring (bicyclic) bond motifs is 1. The number of alkyl halides is 9. The van der Waals surface area contributed by atoms with Gasteiger partial charge in [-0.1, -0.05) is 141 Å². The van der Waals surface area contributed by atoms with Crippen molar-refractivity contribution in [1.82, 2.24) is 0 Å². The zero-order valence-corrected chi connectivity index (χ0v) is 17.7. The highest BCUT2D eigenvalue weighted by Gasteiger charge is 2.68. The molecule has 0 fully saturated rings. The second kappa shape index (κ2) is 6.80. The third kappa shape index (κ3) is 3.46. The van der Waals surface area contributed by atoms with Gasteiger partial charge in [0, 0.05) is 0 Å². The lowest BCUT2D eigenvalue weighted by Crippen LogP contribution is -2.54. The minimum atomic E-state index is -2.32. The molecule has 2 aromatic rings. The number of hydrogen-bond acceptors (Lipinski definition) is 0. The summed E-state index contributed by atoms with van der Waals surface area (Å²) >= 11 is 55.2. The fourth-order valence-electron chi connectivity index (χ4n) is 1.97. The average Bonchev–Trinajstić information content (AvgIpc) is 2.45. The standard InChI is InChI=1S/C14H6Cl9/c15-11(16,12(17,18)13(19,20)14(21,22)23)10-7-3-5-8-4-1-2-6-9(8)10/h1-4,6-7H. The smallest absolute Gasteiger partial charge is 0.0943 e. The van der Waals surface area contributed by atoms with E-state index >= 15 is 0 Å². The lowest BCUT2D eigenvalue weighted by molar-refractivity contribution is 0.603. The SMILES string of the molecule is ClC(Cl)(Cl)C(Cl)(Cl)C(Cl)(Cl)C(Cl)(Cl)c1cc[c]c2ccccc12. The third-order valence-corrected chi connectivity index (χ3v) is 8.64. The fourth-order valence-corrected chi connectivity index (χ4v) is 4.26. The van der Waals surface area contributed by atoms with Crippen molar-refractivity contribution in [1.29, 1.82) is 0 Å². The molecule has 0 aliphatic heterocycles. The van der Waals surface area contributed by atoms with E-state index in [2.05, 4.69) is 6.07 Å². The van der Waals surface area contributed by atoms with Gasteiger partial charge in [-0.2, -0.15) is 0 Å². The van der Waals surface area contributed by atoms with Gasteiger partial charge in [-0.3, -0.25) is 0 Å².